The van der Waals surface area contributed by atoms with Gasteiger partial charge >= 0.3 is 0 Å². The standard InChI is InChI=1S/C31H42N6O2SSi/c1-10-12-26(36-40(38)30(2,3)4)29-32-18-17-25(35-29)22-15-16-23-20-33-37(27(23)19-22)28-14-11-13-24(34-28)21-39-41(8,9)31(5,6)7/h11,13-20H,10,12,21H2,1-9H3/b36-26+/t40-/m1/s1. The Morgan fingerprint density at radius 3 is 2.49 bits per heavy atom. The minimum atomic E-state index is -1.90. The maximum absolute atomic E-state index is 12.8. The molecule has 0 aliphatic carbocycles. The van der Waals surface area contributed by atoms with Crippen LogP contribution in [-0.2, 0) is 22.0 Å². The molecule has 8 nitrogen and oxygen atoms in total. The van der Waals surface area contributed by atoms with Gasteiger partial charge in [-0.1, -0.05) is 52.3 Å². The molecule has 0 fully saturated rings. The predicted molar refractivity (Wildman–Crippen MR) is 171 cm³/mol. The van der Waals surface area contributed by atoms with E-state index < -0.39 is 24.1 Å². The van der Waals surface area contributed by atoms with Crippen molar-refractivity contribution in [2.24, 2.45) is 4.40 Å². The molecular formula is C31H42N6O2SSi. The molecule has 0 aliphatic heterocycles. The van der Waals surface area contributed by atoms with Gasteiger partial charge in [0.15, 0.2) is 20.0 Å². The average Bonchev–Trinajstić information content (AvgIpc) is 3.34. The molecule has 0 aliphatic rings. The Hall–Kier alpha value is -3.08. The van der Waals surface area contributed by atoms with Crippen LogP contribution in [-0.4, -0.2) is 47.7 Å². The van der Waals surface area contributed by atoms with Gasteiger partial charge in [0.05, 0.1) is 40.2 Å². The molecule has 1 aromatic carbocycles. The maximum Gasteiger partial charge on any atom is 0.192 e. The normalized spacial score (nSPS) is 14.0. The Morgan fingerprint density at radius 1 is 1.05 bits per heavy atom. The van der Waals surface area contributed by atoms with Crippen LogP contribution in [0, 0.1) is 0 Å². The molecule has 1 atom stereocenters. The van der Waals surface area contributed by atoms with Crippen molar-refractivity contribution in [3.63, 3.8) is 0 Å². The summed E-state index contributed by atoms with van der Waals surface area (Å²) in [6.07, 6.45) is 5.08. The summed E-state index contributed by atoms with van der Waals surface area (Å²) in [5, 5.41) is 5.78. The predicted octanol–water partition coefficient (Wildman–Crippen LogP) is 7.45. The van der Waals surface area contributed by atoms with Gasteiger partial charge in [-0.3, -0.25) is 0 Å². The van der Waals surface area contributed by atoms with Crippen molar-refractivity contribution in [1.29, 1.82) is 0 Å². The van der Waals surface area contributed by atoms with Crippen molar-refractivity contribution in [3.8, 4) is 17.1 Å². The largest absolute Gasteiger partial charge is 0.411 e. The van der Waals surface area contributed by atoms with E-state index in [-0.39, 0.29) is 5.04 Å². The number of aromatic nitrogens is 5. The second kappa shape index (κ2) is 12.0. The van der Waals surface area contributed by atoms with E-state index in [1.54, 1.807) is 6.20 Å². The summed E-state index contributed by atoms with van der Waals surface area (Å²) in [7, 11) is -3.29. The van der Waals surface area contributed by atoms with Gasteiger partial charge in [-0.25, -0.2) is 23.8 Å². The fourth-order valence-corrected chi connectivity index (χ4v) is 5.42. The van der Waals surface area contributed by atoms with Crippen LogP contribution in [0.2, 0.25) is 18.1 Å². The number of pyridine rings is 1. The topological polar surface area (TPSA) is 95.2 Å². The van der Waals surface area contributed by atoms with E-state index in [1.165, 1.54) is 0 Å². The Bertz CT molecular complexity index is 1580. The van der Waals surface area contributed by atoms with E-state index in [2.05, 4.69) is 61.3 Å². The van der Waals surface area contributed by atoms with Crippen molar-refractivity contribution < 1.29 is 8.63 Å². The molecule has 0 saturated heterocycles. The van der Waals surface area contributed by atoms with E-state index in [0.717, 1.165) is 40.1 Å². The van der Waals surface area contributed by atoms with Gasteiger partial charge < -0.3 is 4.43 Å². The summed E-state index contributed by atoms with van der Waals surface area (Å²) in [5.74, 6) is 1.24. The highest BCUT2D eigenvalue weighted by atomic mass is 32.2. The second-order valence-electron chi connectivity index (χ2n) is 12.8. The average molecular weight is 591 g/mol. The molecule has 0 N–H and O–H groups in total. The van der Waals surface area contributed by atoms with Gasteiger partial charge in [-0.05, 0) is 69.6 Å². The summed E-state index contributed by atoms with van der Waals surface area (Å²) in [4.78, 5) is 14.2. The first-order chi connectivity index (χ1) is 19.2. The third-order valence-corrected chi connectivity index (χ3v) is 13.3. The van der Waals surface area contributed by atoms with Crippen LogP contribution >= 0.6 is 0 Å². The summed E-state index contributed by atoms with van der Waals surface area (Å²) >= 11 is 0. The molecule has 3 heterocycles. The molecule has 0 saturated carbocycles. The lowest BCUT2D eigenvalue weighted by molar-refractivity contribution is 0.272. The van der Waals surface area contributed by atoms with Crippen LogP contribution < -0.4 is 0 Å². The molecule has 0 unspecified atom stereocenters. The highest BCUT2D eigenvalue weighted by Crippen LogP contribution is 2.37. The zero-order chi connectivity index (χ0) is 30.0. The first kappa shape index (κ1) is 30.9. The number of hydrogen-bond acceptors (Lipinski definition) is 6. The second-order valence-corrected chi connectivity index (χ2v) is 19.5. The van der Waals surface area contributed by atoms with Gasteiger partial charge in [0, 0.05) is 17.1 Å². The van der Waals surface area contributed by atoms with E-state index >= 15 is 0 Å². The zero-order valence-corrected chi connectivity index (χ0v) is 27.5. The Labute approximate surface area is 247 Å². The monoisotopic (exact) mass is 590 g/mol. The highest BCUT2D eigenvalue weighted by molar-refractivity contribution is 7.85. The van der Waals surface area contributed by atoms with E-state index in [4.69, 9.17) is 14.4 Å². The van der Waals surface area contributed by atoms with Gasteiger partial charge in [-0.2, -0.15) is 9.50 Å². The Balaban J connectivity index is 1.67. The fourth-order valence-electron chi connectivity index (χ4n) is 3.83. The number of nitrogens with zero attached hydrogens (tertiary/aromatic N) is 6. The fraction of sp³-hybridized carbons (Fsp3) is 0.452. The van der Waals surface area contributed by atoms with E-state index in [0.29, 0.717) is 24.6 Å². The third kappa shape index (κ3) is 7.23. The van der Waals surface area contributed by atoms with E-state index in [9.17, 15) is 4.21 Å². The molecule has 10 heteroatoms. The molecule has 0 bridgehead atoms. The Morgan fingerprint density at radius 2 is 1.80 bits per heavy atom. The smallest absolute Gasteiger partial charge is 0.192 e. The van der Waals surface area contributed by atoms with Crippen molar-refractivity contribution in [2.75, 3.05) is 0 Å². The molecule has 0 amide bonds. The van der Waals surface area contributed by atoms with Crippen molar-refractivity contribution in [1.82, 2.24) is 24.7 Å². The van der Waals surface area contributed by atoms with Gasteiger partial charge in [-0.15, -0.1) is 0 Å². The van der Waals surface area contributed by atoms with Crippen LogP contribution in [0.25, 0.3) is 28.0 Å². The minimum absolute atomic E-state index is 0.132. The molecule has 218 valence electrons. The molecule has 0 spiro atoms. The molecule has 41 heavy (non-hydrogen) atoms. The van der Waals surface area contributed by atoms with Crippen LogP contribution in [0.15, 0.2) is 59.3 Å². The summed E-state index contributed by atoms with van der Waals surface area (Å²) in [6, 6.07) is 14.0. The minimum Gasteiger partial charge on any atom is -0.411 e. The van der Waals surface area contributed by atoms with Crippen LogP contribution in [0.1, 0.15) is 72.8 Å². The molecule has 4 rings (SSSR count). The third-order valence-electron chi connectivity index (χ3n) is 7.38. The first-order valence-corrected chi connectivity index (χ1v) is 18.1. The summed E-state index contributed by atoms with van der Waals surface area (Å²) in [5.41, 5.74) is 4.15. The number of hydrogen-bond donors (Lipinski definition) is 0. The lowest BCUT2D eigenvalue weighted by atomic mass is 10.1. The molecule has 4 aromatic rings. The molecular weight excluding hydrogens is 549 g/mol. The number of benzene rings is 1. The highest BCUT2D eigenvalue weighted by Gasteiger charge is 2.37. The number of fused-ring (bicyclic) bond motifs is 1. The maximum atomic E-state index is 12.8. The first-order valence-electron chi connectivity index (χ1n) is 14.1. The lowest BCUT2D eigenvalue weighted by Gasteiger charge is -2.36. The van der Waals surface area contributed by atoms with Crippen LogP contribution in [0.5, 0.6) is 0 Å². The SMILES string of the molecule is CCC/C(=N\[S@](=O)C(C)(C)C)c1nccc(-c2ccc3cnn(-c4cccc(CO[Si](C)(C)C(C)(C)C)n4)c3c2)n1. The zero-order valence-electron chi connectivity index (χ0n) is 25.7. The lowest BCUT2D eigenvalue weighted by Crippen LogP contribution is -2.40. The molecule has 3 aromatic heterocycles. The van der Waals surface area contributed by atoms with Crippen molar-refractivity contribution in [3.05, 3.63) is 66.4 Å². The quantitative estimate of drug-likeness (QED) is 0.148. The van der Waals surface area contributed by atoms with Gasteiger partial charge in [0.1, 0.15) is 11.0 Å². The van der Waals surface area contributed by atoms with Crippen LogP contribution in [0.4, 0.5) is 0 Å². The van der Waals surface area contributed by atoms with Gasteiger partial charge in [0.25, 0.3) is 0 Å². The van der Waals surface area contributed by atoms with Crippen LogP contribution in [0.3, 0.4) is 0 Å². The van der Waals surface area contributed by atoms with E-state index in [1.807, 2.05) is 68.0 Å². The summed E-state index contributed by atoms with van der Waals surface area (Å²) < 4.78 is 25.1. The Kier molecular flexibility index (Phi) is 9.06. The summed E-state index contributed by atoms with van der Waals surface area (Å²) in [6.45, 7) is 19.5. The van der Waals surface area contributed by atoms with Crippen molar-refractivity contribution in [2.45, 2.75) is 90.8 Å². The number of rotatable bonds is 9. The van der Waals surface area contributed by atoms with Crippen molar-refractivity contribution >= 4 is 35.9 Å². The van der Waals surface area contributed by atoms with Gasteiger partial charge in [0.2, 0.25) is 0 Å². The molecule has 0 radical (unpaired) electrons.